The molecular formula is C16H17FO2. The van der Waals surface area contributed by atoms with E-state index in [0.29, 0.717) is 0 Å². The van der Waals surface area contributed by atoms with Gasteiger partial charge < -0.3 is 9.47 Å². The molecule has 2 aromatic carbocycles. The van der Waals surface area contributed by atoms with E-state index >= 15 is 0 Å². The zero-order valence-electron chi connectivity index (χ0n) is 11.2. The molecule has 0 heterocycles. The molecule has 0 bridgehead atoms. The Hall–Kier alpha value is -2.03. The second-order valence-electron chi connectivity index (χ2n) is 4.28. The third-order valence-corrected chi connectivity index (χ3v) is 3.08. The molecule has 0 atom stereocenters. The number of methoxy groups -OCH3 is 2. The molecule has 0 aliphatic rings. The van der Waals surface area contributed by atoms with Gasteiger partial charge in [0.1, 0.15) is 5.82 Å². The zero-order chi connectivity index (χ0) is 13.7. The molecule has 100 valence electrons. The Bertz CT molecular complexity index is 535. The van der Waals surface area contributed by atoms with Crippen molar-refractivity contribution in [2.45, 2.75) is 12.8 Å². The molecule has 0 N–H and O–H groups in total. The number of benzene rings is 2. The van der Waals surface area contributed by atoms with Gasteiger partial charge in [-0.3, -0.25) is 0 Å². The van der Waals surface area contributed by atoms with Crippen LogP contribution < -0.4 is 9.47 Å². The SMILES string of the molecule is COc1cccc(CCc2ccc(F)cc2)c1OC. The van der Waals surface area contributed by atoms with Crippen LogP contribution in [-0.2, 0) is 12.8 Å². The van der Waals surface area contributed by atoms with Crippen molar-refractivity contribution in [1.82, 2.24) is 0 Å². The fourth-order valence-electron chi connectivity index (χ4n) is 2.08. The van der Waals surface area contributed by atoms with Crippen LogP contribution in [0.4, 0.5) is 4.39 Å². The smallest absolute Gasteiger partial charge is 0.163 e. The summed E-state index contributed by atoms with van der Waals surface area (Å²) in [4.78, 5) is 0. The van der Waals surface area contributed by atoms with Crippen molar-refractivity contribution < 1.29 is 13.9 Å². The van der Waals surface area contributed by atoms with Gasteiger partial charge in [-0.15, -0.1) is 0 Å². The monoisotopic (exact) mass is 260 g/mol. The summed E-state index contributed by atoms with van der Waals surface area (Å²) in [5.41, 5.74) is 2.19. The normalized spacial score (nSPS) is 10.3. The maximum atomic E-state index is 12.8. The fraction of sp³-hybridized carbons (Fsp3) is 0.250. The van der Waals surface area contributed by atoms with Gasteiger partial charge in [-0.05, 0) is 42.2 Å². The van der Waals surface area contributed by atoms with Gasteiger partial charge in [0.05, 0.1) is 14.2 Å². The third kappa shape index (κ3) is 3.25. The molecule has 0 aromatic heterocycles. The summed E-state index contributed by atoms with van der Waals surface area (Å²) in [5, 5.41) is 0. The third-order valence-electron chi connectivity index (χ3n) is 3.08. The van der Waals surface area contributed by atoms with Crippen molar-refractivity contribution in [2.75, 3.05) is 14.2 Å². The molecule has 0 radical (unpaired) electrons. The topological polar surface area (TPSA) is 18.5 Å². The Kier molecular flexibility index (Phi) is 4.39. The molecule has 0 amide bonds. The summed E-state index contributed by atoms with van der Waals surface area (Å²) < 4.78 is 23.5. The number of rotatable bonds is 5. The molecule has 3 heteroatoms. The first kappa shape index (κ1) is 13.4. The first-order valence-electron chi connectivity index (χ1n) is 6.19. The average Bonchev–Trinajstić information content (AvgIpc) is 2.46. The molecule has 0 spiro atoms. The minimum absolute atomic E-state index is 0.206. The summed E-state index contributed by atoms with van der Waals surface area (Å²) >= 11 is 0. The Morgan fingerprint density at radius 3 is 2.26 bits per heavy atom. The van der Waals surface area contributed by atoms with Crippen molar-refractivity contribution in [3.05, 3.63) is 59.4 Å². The van der Waals surface area contributed by atoms with Crippen LogP contribution in [0.2, 0.25) is 0 Å². The Morgan fingerprint density at radius 1 is 0.895 bits per heavy atom. The highest BCUT2D eigenvalue weighted by atomic mass is 19.1. The molecule has 0 saturated carbocycles. The van der Waals surface area contributed by atoms with Crippen LogP contribution in [0, 0.1) is 5.82 Å². The van der Waals surface area contributed by atoms with Crippen LogP contribution in [0.1, 0.15) is 11.1 Å². The van der Waals surface area contributed by atoms with E-state index in [1.807, 2.05) is 30.3 Å². The second-order valence-corrected chi connectivity index (χ2v) is 4.28. The van der Waals surface area contributed by atoms with Gasteiger partial charge in [0.15, 0.2) is 11.5 Å². The molecule has 0 fully saturated rings. The van der Waals surface area contributed by atoms with E-state index in [-0.39, 0.29) is 5.82 Å². The predicted molar refractivity (Wildman–Crippen MR) is 73.4 cm³/mol. The number of hydrogen-bond acceptors (Lipinski definition) is 2. The molecular weight excluding hydrogens is 243 g/mol. The summed E-state index contributed by atoms with van der Waals surface area (Å²) in [6.07, 6.45) is 1.66. The van der Waals surface area contributed by atoms with E-state index in [9.17, 15) is 4.39 Å². The van der Waals surface area contributed by atoms with E-state index in [1.165, 1.54) is 12.1 Å². The lowest BCUT2D eigenvalue weighted by molar-refractivity contribution is 0.351. The lowest BCUT2D eigenvalue weighted by Crippen LogP contribution is -1.98. The van der Waals surface area contributed by atoms with Crippen LogP contribution >= 0.6 is 0 Å². The van der Waals surface area contributed by atoms with Crippen LogP contribution in [0.3, 0.4) is 0 Å². The standard InChI is InChI=1S/C16H17FO2/c1-18-15-5-3-4-13(16(15)19-2)9-6-12-7-10-14(17)11-8-12/h3-5,7-8,10-11H,6,9H2,1-2H3. The molecule has 0 aliphatic heterocycles. The molecule has 0 aliphatic carbocycles. The summed E-state index contributed by atoms with van der Waals surface area (Å²) in [6.45, 7) is 0. The predicted octanol–water partition coefficient (Wildman–Crippen LogP) is 3.63. The van der Waals surface area contributed by atoms with Crippen LogP contribution in [-0.4, -0.2) is 14.2 Å². The quantitative estimate of drug-likeness (QED) is 0.817. The van der Waals surface area contributed by atoms with Gasteiger partial charge in [-0.25, -0.2) is 4.39 Å². The van der Waals surface area contributed by atoms with Gasteiger partial charge in [0.2, 0.25) is 0 Å². The van der Waals surface area contributed by atoms with Crippen LogP contribution in [0.15, 0.2) is 42.5 Å². The fourth-order valence-corrected chi connectivity index (χ4v) is 2.08. The van der Waals surface area contributed by atoms with Crippen molar-refractivity contribution in [3.63, 3.8) is 0 Å². The van der Waals surface area contributed by atoms with Crippen molar-refractivity contribution in [2.24, 2.45) is 0 Å². The highest BCUT2D eigenvalue weighted by molar-refractivity contribution is 5.46. The minimum atomic E-state index is -0.206. The largest absolute Gasteiger partial charge is 0.493 e. The van der Waals surface area contributed by atoms with Crippen LogP contribution in [0.5, 0.6) is 11.5 Å². The van der Waals surface area contributed by atoms with Crippen molar-refractivity contribution in [1.29, 1.82) is 0 Å². The van der Waals surface area contributed by atoms with Gasteiger partial charge in [0.25, 0.3) is 0 Å². The van der Waals surface area contributed by atoms with E-state index < -0.39 is 0 Å². The van der Waals surface area contributed by atoms with Crippen LogP contribution in [0.25, 0.3) is 0 Å². The Balaban J connectivity index is 2.13. The Morgan fingerprint density at radius 2 is 1.63 bits per heavy atom. The van der Waals surface area contributed by atoms with Gasteiger partial charge >= 0.3 is 0 Å². The lowest BCUT2D eigenvalue weighted by atomic mass is 10.0. The first-order valence-corrected chi connectivity index (χ1v) is 6.19. The van der Waals surface area contributed by atoms with E-state index in [0.717, 1.165) is 35.5 Å². The summed E-state index contributed by atoms with van der Waals surface area (Å²) in [5.74, 6) is 1.30. The van der Waals surface area contributed by atoms with E-state index in [2.05, 4.69) is 0 Å². The highest BCUT2D eigenvalue weighted by Gasteiger charge is 2.09. The number of hydrogen-bond donors (Lipinski definition) is 0. The zero-order valence-corrected chi connectivity index (χ0v) is 11.2. The van der Waals surface area contributed by atoms with Crippen molar-refractivity contribution >= 4 is 0 Å². The van der Waals surface area contributed by atoms with Gasteiger partial charge in [-0.2, -0.15) is 0 Å². The highest BCUT2D eigenvalue weighted by Crippen LogP contribution is 2.31. The van der Waals surface area contributed by atoms with E-state index in [1.54, 1.807) is 14.2 Å². The number of para-hydroxylation sites is 1. The summed E-state index contributed by atoms with van der Waals surface area (Å²) in [7, 11) is 3.26. The average molecular weight is 260 g/mol. The lowest BCUT2D eigenvalue weighted by Gasteiger charge is -2.12. The number of ether oxygens (including phenoxy) is 2. The molecule has 2 rings (SSSR count). The number of aryl methyl sites for hydroxylation is 2. The maximum Gasteiger partial charge on any atom is 0.163 e. The molecule has 2 aromatic rings. The minimum Gasteiger partial charge on any atom is -0.493 e. The maximum absolute atomic E-state index is 12.8. The Labute approximate surface area is 112 Å². The molecule has 19 heavy (non-hydrogen) atoms. The molecule has 0 saturated heterocycles. The second kappa shape index (κ2) is 6.23. The van der Waals surface area contributed by atoms with Gasteiger partial charge in [0, 0.05) is 0 Å². The molecule has 0 unspecified atom stereocenters. The number of halogens is 1. The van der Waals surface area contributed by atoms with E-state index in [4.69, 9.17) is 9.47 Å². The molecule has 2 nitrogen and oxygen atoms in total. The van der Waals surface area contributed by atoms with Gasteiger partial charge in [-0.1, -0.05) is 24.3 Å². The summed E-state index contributed by atoms with van der Waals surface area (Å²) in [6, 6.07) is 12.4. The van der Waals surface area contributed by atoms with Crippen molar-refractivity contribution in [3.8, 4) is 11.5 Å². The first-order chi connectivity index (χ1) is 9.24.